The molecule has 17 heavy (non-hydrogen) atoms. The fraction of sp³-hybridized carbons (Fsp3) is 1.00. The average molecular weight is 241 g/mol. The summed E-state index contributed by atoms with van der Waals surface area (Å²) in [4.78, 5) is 0. The van der Waals surface area contributed by atoms with Crippen LogP contribution >= 0.6 is 0 Å². The van der Waals surface area contributed by atoms with Gasteiger partial charge in [-0.1, -0.05) is 19.8 Å². The molecule has 0 spiro atoms. The molecule has 0 bridgehead atoms. The zero-order chi connectivity index (χ0) is 12.1. The van der Waals surface area contributed by atoms with E-state index in [0.29, 0.717) is 6.10 Å². The molecule has 3 heteroatoms. The number of hydrogen-bond donors (Lipinski definition) is 2. The Morgan fingerprint density at radius 1 is 1.35 bits per heavy atom. The number of aliphatic hydroxyl groups excluding tert-OH is 1. The molecule has 100 valence electrons. The Kier molecular flexibility index (Phi) is 4.83. The summed E-state index contributed by atoms with van der Waals surface area (Å²) in [7, 11) is 0. The first kappa shape index (κ1) is 13.3. The van der Waals surface area contributed by atoms with E-state index in [1.807, 2.05) is 0 Å². The van der Waals surface area contributed by atoms with Crippen molar-refractivity contribution in [2.75, 3.05) is 19.8 Å². The molecule has 2 rings (SSSR count). The van der Waals surface area contributed by atoms with Gasteiger partial charge in [-0.25, -0.2) is 0 Å². The molecule has 0 amide bonds. The van der Waals surface area contributed by atoms with Crippen molar-refractivity contribution in [2.24, 2.45) is 5.92 Å². The molecule has 3 atom stereocenters. The summed E-state index contributed by atoms with van der Waals surface area (Å²) < 4.78 is 5.63. The Bertz CT molecular complexity index is 228. The van der Waals surface area contributed by atoms with Gasteiger partial charge in [0.2, 0.25) is 0 Å². The molecule has 3 nitrogen and oxygen atoms in total. The molecule has 3 unspecified atom stereocenters. The van der Waals surface area contributed by atoms with Crippen molar-refractivity contribution >= 4 is 0 Å². The van der Waals surface area contributed by atoms with E-state index in [2.05, 4.69) is 12.2 Å². The average Bonchev–Trinajstić information content (AvgIpc) is 2.82. The second-order valence-electron chi connectivity index (χ2n) is 5.99. The fourth-order valence-corrected chi connectivity index (χ4v) is 3.39. The molecular weight excluding hydrogens is 214 g/mol. The van der Waals surface area contributed by atoms with Gasteiger partial charge in [0.15, 0.2) is 0 Å². The molecule has 1 aliphatic carbocycles. The summed E-state index contributed by atoms with van der Waals surface area (Å²) in [6.45, 7) is 4.50. The van der Waals surface area contributed by atoms with Gasteiger partial charge in [0.1, 0.15) is 0 Å². The number of rotatable bonds is 5. The van der Waals surface area contributed by atoms with Crippen LogP contribution in [-0.4, -0.2) is 36.5 Å². The van der Waals surface area contributed by atoms with Gasteiger partial charge in [-0.15, -0.1) is 0 Å². The summed E-state index contributed by atoms with van der Waals surface area (Å²) in [5, 5.41) is 13.3. The summed E-state index contributed by atoms with van der Waals surface area (Å²) in [6, 6.07) is 0. The highest BCUT2D eigenvalue weighted by Crippen LogP contribution is 2.32. The summed E-state index contributed by atoms with van der Waals surface area (Å²) >= 11 is 0. The number of hydrogen-bond acceptors (Lipinski definition) is 3. The van der Waals surface area contributed by atoms with Gasteiger partial charge in [-0.3, -0.25) is 0 Å². The molecule has 0 aromatic heterocycles. The van der Waals surface area contributed by atoms with Crippen LogP contribution in [0.15, 0.2) is 0 Å². The van der Waals surface area contributed by atoms with Crippen molar-refractivity contribution in [3.05, 3.63) is 0 Å². The van der Waals surface area contributed by atoms with Crippen LogP contribution in [0.4, 0.5) is 0 Å². The van der Waals surface area contributed by atoms with Crippen molar-refractivity contribution in [2.45, 2.75) is 63.5 Å². The van der Waals surface area contributed by atoms with E-state index < -0.39 is 0 Å². The minimum atomic E-state index is -0.00370. The van der Waals surface area contributed by atoms with Crippen molar-refractivity contribution < 1.29 is 9.84 Å². The third-order valence-corrected chi connectivity index (χ3v) is 4.38. The predicted octanol–water partition coefficient (Wildman–Crippen LogP) is 2.09. The largest absolute Gasteiger partial charge is 0.394 e. The maximum Gasteiger partial charge on any atom is 0.0613 e. The van der Waals surface area contributed by atoms with E-state index in [1.54, 1.807) is 0 Å². The predicted molar refractivity (Wildman–Crippen MR) is 69.0 cm³/mol. The smallest absolute Gasteiger partial charge is 0.0613 e. The van der Waals surface area contributed by atoms with Crippen molar-refractivity contribution in [3.8, 4) is 0 Å². The number of aliphatic hydroxyl groups is 1. The number of ether oxygens (including phenoxy) is 1. The lowest BCUT2D eigenvalue weighted by molar-refractivity contribution is 0.0801. The van der Waals surface area contributed by atoms with E-state index in [4.69, 9.17) is 4.74 Å². The normalized spacial score (nSPS) is 38.5. The third kappa shape index (κ3) is 3.67. The zero-order valence-electron chi connectivity index (χ0n) is 11.1. The first-order valence-electron chi connectivity index (χ1n) is 7.22. The zero-order valence-corrected chi connectivity index (χ0v) is 11.1. The van der Waals surface area contributed by atoms with Gasteiger partial charge in [-0.2, -0.15) is 0 Å². The summed E-state index contributed by atoms with van der Waals surface area (Å²) in [5.74, 6) is 0.742. The van der Waals surface area contributed by atoms with Crippen LogP contribution in [0.1, 0.15) is 51.9 Å². The Morgan fingerprint density at radius 2 is 2.24 bits per heavy atom. The Balaban J connectivity index is 1.74. The van der Waals surface area contributed by atoms with Crippen molar-refractivity contribution in [1.82, 2.24) is 5.32 Å². The third-order valence-electron chi connectivity index (χ3n) is 4.38. The number of nitrogens with one attached hydrogen (secondary N) is 1. The first-order valence-corrected chi connectivity index (χ1v) is 7.22. The molecule has 2 fully saturated rings. The molecule has 2 N–H and O–H groups in total. The summed E-state index contributed by atoms with van der Waals surface area (Å²) in [5.41, 5.74) is -0.00370. The van der Waals surface area contributed by atoms with Gasteiger partial charge in [0.05, 0.1) is 12.7 Å². The van der Waals surface area contributed by atoms with Crippen LogP contribution in [0.25, 0.3) is 0 Å². The molecule has 1 saturated heterocycles. The monoisotopic (exact) mass is 241 g/mol. The van der Waals surface area contributed by atoms with E-state index in [9.17, 15) is 5.11 Å². The molecule has 0 radical (unpaired) electrons. The van der Waals surface area contributed by atoms with Gasteiger partial charge < -0.3 is 15.2 Å². The molecular formula is C14H27NO2. The lowest BCUT2D eigenvalue weighted by Gasteiger charge is -2.40. The van der Waals surface area contributed by atoms with E-state index in [-0.39, 0.29) is 12.1 Å². The minimum Gasteiger partial charge on any atom is -0.394 e. The lowest BCUT2D eigenvalue weighted by atomic mass is 9.77. The van der Waals surface area contributed by atoms with Crippen LogP contribution in [0.3, 0.4) is 0 Å². The second-order valence-corrected chi connectivity index (χ2v) is 5.99. The molecule has 0 aromatic carbocycles. The molecule has 1 aliphatic heterocycles. The van der Waals surface area contributed by atoms with E-state index in [0.717, 1.165) is 38.3 Å². The fourth-order valence-electron chi connectivity index (χ4n) is 3.39. The van der Waals surface area contributed by atoms with E-state index >= 15 is 0 Å². The Labute approximate surface area is 105 Å². The van der Waals surface area contributed by atoms with Gasteiger partial charge in [-0.05, 0) is 44.6 Å². The summed E-state index contributed by atoms with van der Waals surface area (Å²) in [6.07, 6.45) is 8.78. The quantitative estimate of drug-likeness (QED) is 0.774. The van der Waals surface area contributed by atoms with Crippen LogP contribution < -0.4 is 5.32 Å². The maximum atomic E-state index is 9.66. The molecule has 0 aromatic rings. The van der Waals surface area contributed by atoms with Crippen LogP contribution in [0.5, 0.6) is 0 Å². The van der Waals surface area contributed by atoms with Crippen LogP contribution in [-0.2, 0) is 4.74 Å². The molecule has 1 heterocycles. The van der Waals surface area contributed by atoms with Crippen LogP contribution in [0, 0.1) is 5.92 Å². The van der Waals surface area contributed by atoms with Gasteiger partial charge in [0.25, 0.3) is 0 Å². The highest BCUT2D eigenvalue weighted by atomic mass is 16.5. The highest BCUT2D eigenvalue weighted by Gasteiger charge is 2.33. The molecule has 1 saturated carbocycles. The Hall–Kier alpha value is -0.120. The lowest BCUT2D eigenvalue weighted by Crippen LogP contribution is -2.52. The molecule has 2 aliphatic rings. The second kappa shape index (κ2) is 6.17. The topological polar surface area (TPSA) is 41.5 Å². The van der Waals surface area contributed by atoms with Crippen molar-refractivity contribution in [1.29, 1.82) is 0 Å². The standard InChI is InChI=1S/C14H27NO2/c1-12-4-2-7-14(10-12,11-16)15-8-6-13-5-3-9-17-13/h12-13,15-16H,2-11H2,1H3. The minimum absolute atomic E-state index is 0.00370. The van der Waals surface area contributed by atoms with E-state index in [1.165, 1.54) is 25.7 Å². The van der Waals surface area contributed by atoms with Crippen molar-refractivity contribution in [3.63, 3.8) is 0 Å². The highest BCUT2D eigenvalue weighted by molar-refractivity contribution is 4.92. The van der Waals surface area contributed by atoms with Crippen LogP contribution in [0.2, 0.25) is 0 Å². The Morgan fingerprint density at radius 3 is 2.88 bits per heavy atom. The van der Waals surface area contributed by atoms with Gasteiger partial charge >= 0.3 is 0 Å². The maximum absolute atomic E-state index is 9.66. The first-order chi connectivity index (χ1) is 8.24. The van der Waals surface area contributed by atoms with Gasteiger partial charge in [0, 0.05) is 12.1 Å². The SMILES string of the molecule is CC1CCCC(CO)(NCCC2CCCO2)C1.